The number of rotatable bonds is 6. The number of hydrogen-bond acceptors (Lipinski definition) is 3. The molecule has 0 bridgehead atoms. The van der Waals surface area contributed by atoms with Gasteiger partial charge in [0, 0.05) is 0 Å². The van der Waals surface area contributed by atoms with Crippen LogP contribution in [0.15, 0.2) is 46.9 Å². The van der Waals surface area contributed by atoms with Gasteiger partial charge in [0.2, 0.25) is 5.91 Å². The molecule has 0 saturated heterocycles. The number of nitrogens with one attached hydrogen (secondary N) is 1. The van der Waals surface area contributed by atoms with Crippen molar-refractivity contribution in [2.24, 2.45) is 5.73 Å². The summed E-state index contributed by atoms with van der Waals surface area (Å²) in [4.78, 5) is 10.8. The number of anilines is 1. The Hall–Kier alpha value is -2.08. The molecule has 21 heavy (non-hydrogen) atoms. The van der Waals surface area contributed by atoms with Gasteiger partial charge in [0.25, 0.3) is 0 Å². The van der Waals surface area contributed by atoms with E-state index in [0.717, 1.165) is 5.56 Å². The summed E-state index contributed by atoms with van der Waals surface area (Å²) < 4.78 is 20.0. The predicted molar refractivity (Wildman–Crippen MR) is 82.6 cm³/mol. The molecule has 110 valence electrons. The van der Waals surface area contributed by atoms with Crippen molar-refractivity contribution in [2.75, 3.05) is 11.9 Å². The van der Waals surface area contributed by atoms with Gasteiger partial charge < -0.3 is 15.8 Å². The fraction of sp³-hybridized carbons (Fsp3) is 0.133. The topological polar surface area (TPSA) is 64.4 Å². The lowest BCUT2D eigenvalue weighted by atomic mass is 10.2. The van der Waals surface area contributed by atoms with Gasteiger partial charge >= 0.3 is 0 Å². The van der Waals surface area contributed by atoms with Crippen molar-refractivity contribution in [3.8, 4) is 5.75 Å². The monoisotopic (exact) mass is 352 g/mol. The van der Waals surface area contributed by atoms with Gasteiger partial charge in [-0.2, -0.15) is 0 Å². The van der Waals surface area contributed by atoms with Crippen molar-refractivity contribution in [1.82, 2.24) is 0 Å². The van der Waals surface area contributed by atoms with Gasteiger partial charge in [-0.15, -0.1) is 0 Å². The third-order valence-electron chi connectivity index (χ3n) is 2.73. The van der Waals surface area contributed by atoms with Crippen molar-refractivity contribution in [2.45, 2.75) is 6.61 Å². The predicted octanol–water partition coefficient (Wildman–Crippen LogP) is 3.06. The molecule has 0 aliphatic heterocycles. The molecule has 0 saturated carbocycles. The summed E-state index contributed by atoms with van der Waals surface area (Å²) in [5.74, 6) is -0.786. The highest BCUT2D eigenvalue weighted by Crippen LogP contribution is 2.33. The Bertz CT molecular complexity index is 635. The van der Waals surface area contributed by atoms with Crippen LogP contribution < -0.4 is 15.8 Å². The van der Waals surface area contributed by atoms with E-state index in [-0.39, 0.29) is 16.7 Å². The average molecular weight is 353 g/mol. The van der Waals surface area contributed by atoms with Crippen molar-refractivity contribution in [3.63, 3.8) is 0 Å². The Balaban J connectivity index is 2.17. The molecule has 2 aromatic rings. The van der Waals surface area contributed by atoms with Crippen LogP contribution >= 0.6 is 15.9 Å². The Kier molecular flexibility index (Phi) is 5.16. The lowest BCUT2D eigenvalue weighted by Crippen LogP contribution is -2.22. The second-order valence-corrected chi connectivity index (χ2v) is 5.18. The van der Waals surface area contributed by atoms with E-state index in [1.807, 2.05) is 30.3 Å². The second kappa shape index (κ2) is 7.08. The van der Waals surface area contributed by atoms with Crippen LogP contribution in [0, 0.1) is 5.82 Å². The van der Waals surface area contributed by atoms with Crippen LogP contribution in [0.3, 0.4) is 0 Å². The van der Waals surface area contributed by atoms with Crippen molar-refractivity contribution in [3.05, 3.63) is 58.3 Å². The van der Waals surface area contributed by atoms with E-state index < -0.39 is 11.7 Å². The summed E-state index contributed by atoms with van der Waals surface area (Å²) in [7, 11) is 0. The first-order valence-electron chi connectivity index (χ1n) is 6.25. The minimum Gasteiger partial charge on any atom is -0.487 e. The fourth-order valence-electron chi connectivity index (χ4n) is 1.73. The van der Waals surface area contributed by atoms with Crippen LogP contribution in [0.25, 0.3) is 0 Å². The zero-order chi connectivity index (χ0) is 15.2. The number of halogens is 2. The van der Waals surface area contributed by atoms with E-state index in [4.69, 9.17) is 10.5 Å². The average Bonchev–Trinajstić information content (AvgIpc) is 2.48. The second-order valence-electron chi connectivity index (χ2n) is 4.33. The Morgan fingerprint density at radius 2 is 1.95 bits per heavy atom. The molecule has 3 N–H and O–H groups in total. The number of primary amides is 1. The summed E-state index contributed by atoms with van der Waals surface area (Å²) >= 11 is 3.10. The minimum atomic E-state index is -0.580. The van der Waals surface area contributed by atoms with Gasteiger partial charge in [-0.3, -0.25) is 4.79 Å². The summed E-state index contributed by atoms with van der Waals surface area (Å²) in [5.41, 5.74) is 6.14. The van der Waals surface area contributed by atoms with Gasteiger partial charge in [-0.25, -0.2) is 4.39 Å². The summed E-state index contributed by atoms with van der Waals surface area (Å²) in [6, 6.07) is 12.7. The summed E-state index contributed by atoms with van der Waals surface area (Å²) in [5, 5.41) is 2.65. The molecule has 2 rings (SSSR count). The smallest absolute Gasteiger partial charge is 0.236 e. The minimum absolute atomic E-state index is 0.110. The number of hydrogen-bond donors (Lipinski definition) is 2. The van der Waals surface area contributed by atoms with Crippen LogP contribution in [0.5, 0.6) is 5.75 Å². The summed E-state index contributed by atoms with van der Waals surface area (Å²) in [6.45, 7) is 0.127. The van der Waals surface area contributed by atoms with E-state index in [1.54, 1.807) is 12.1 Å². The first-order valence-corrected chi connectivity index (χ1v) is 7.04. The van der Waals surface area contributed by atoms with Crippen molar-refractivity contribution in [1.29, 1.82) is 0 Å². The molecule has 0 aromatic heterocycles. The molecular weight excluding hydrogens is 339 g/mol. The molecular formula is C15H14BrFN2O2. The van der Waals surface area contributed by atoms with E-state index in [9.17, 15) is 9.18 Å². The molecule has 0 aliphatic carbocycles. The van der Waals surface area contributed by atoms with E-state index in [2.05, 4.69) is 21.2 Å². The highest BCUT2D eigenvalue weighted by Gasteiger charge is 2.14. The van der Waals surface area contributed by atoms with Gasteiger partial charge in [0.15, 0.2) is 5.82 Å². The number of carbonyl (C=O) groups excluding carboxylic acids is 1. The third kappa shape index (κ3) is 4.19. The molecule has 0 unspecified atom stereocenters. The van der Waals surface area contributed by atoms with Crippen LogP contribution in [-0.2, 0) is 11.4 Å². The molecule has 0 spiro atoms. The standard InChI is InChI=1S/C15H14BrFN2O2/c16-11-6-7-12(15(14(11)17)19-8-13(18)20)21-9-10-4-2-1-3-5-10/h1-7,19H,8-9H2,(H2,18,20). The molecule has 4 nitrogen and oxygen atoms in total. The fourth-order valence-corrected chi connectivity index (χ4v) is 2.06. The SMILES string of the molecule is NC(=O)CNc1c(OCc2ccccc2)ccc(Br)c1F. The lowest BCUT2D eigenvalue weighted by molar-refractivity contribution is -0.116. The zero-order valence-electron chi connectivity index (χ0n) is 11.1. The lowest BCUT2D eigenvalue weighted by Gasteiger charge is -2.14. The maximum atomic E-state index is 14.1. The first kappa shape index (κ1) is 15.3. The molecule has 2 aromatic carbocycles. The number of amides is 1. The molecule has 0 atom stereocenters. The van der Waals surface area contributed by atoms with E-state index in [1.165, 1.54) is 0 Å². The number of carbonyl (C=O) groups is 1. The van der Waals surface area contributed by atoms with Crippen LogP contribution in [0.4, 0.5) is 10.1 Å². The van der Waals surface area contributed by atoms with Crippen molar-refractivity contribution >= 4 is 27.5 Å². The number of nitrogens with two attached hydrogens (primary N) is 1. The largest absolute Gasteiger partial charge is 0.487 e. The zero-order valence-corrected chi connectivity index (χ0v) is 12.7. The molecule has 0 fully saturated rings. The third-order valence-corrected chi connectivity index (χ3v) is 3.35. The van der Waals surface area contributed by atoms with Gasteiger partial charge in [0.05, 0.1) is 11.0 Å². The normalized spacial score (nSPS) is 10.2. The first-order chi connectivity index (χ1) is 10.1. The highest BCUT2D eigenvalue weighted by atomic mass is 79.9. The highest BCUT2D eigenvalue weighted by molar-refractivity contribution is 9.10. The molecule has 0 aliphatic rings. The maximum absolute atomic E-state index is 14.1. The van der Waals surface area contributed by atoms with E-state index in [0.29, 0.717) is 12.4 Å². The van der Waals surface area contributed by atoms with Crippen molar-refractivity contribution < 1.29 is 13.9 Å². The van der Waals surface area contributed by atoms with Crippen LogP contribution in [0.2, 0.25) is 0 Å². The molecule has 0 radical (unpaired) electrons. The van der Waals surface area contributed by atoms with Gasteiger partial charge in [-0.1, -0.05) is 30.3 Å². The number of ether oxygens (including phenoxy) is 1. The Morgan fingerprint density at radius 3 is 2.62 bits per heavy atom. The van der Waals surface area contributed by atoms with Crippen LogP contribution in [0.1, 0.15) is 5.56 Å². The molecule has 0 heterocycles. The van der Waals surface area contributed by atoms with Gasteiger partial charge in [0.1, 0.15) is 18.0 Å². The quantitative estimate of drug-likeness (QED) is 0.839. The molecule has 6 heteroatoms. The van der Waals surface area contributed by atoms with Gasteiger partial charge in [-0.05, 0) is 33.6 Å². The van der Waals surface area contributed by atoms with E-state index >= 15 is 0 Å². The Morgan fingerprint density at radius 1 is 1.24 bits per heavy atom. The molecule has 1 amide bonds. The Labute approximate surface area is 130 Å². The summed E-state index contributed by atoms with van der Waals surface area (Å²) in [6.07, 6.45) is 0. The number of benzene rings is 2. The maximum Gasteiger partial charge on any atom is 0.236 e. The van der Waals surface area contributed by atoms with Crippen LogP contribution in [-0.4, -0.2) is 12.5 Å².